The van der Waals surface area contributed by atoms with E-state index in [0.717, 1.165) is 22.3 Å². The molecule has 25 heavy (non-hydrogen) atoms. The molecule has 0 fully saturated rings. The van der Waals surface area contributed by atoms with E-state index in [9.17, 15) is 9.36 Å². The summed E-state index contributed by atoms with van der Waals surface area (Å²) < 4.78 is 24.8. The monoisotopic (exact) mass is 359 g/mol. The third-order valence-corrected chi connectivity index (χ3v) is 6.57. The molecule has 1 aliphatic rings. The van der Waals surface area contributed by atoms with Crippen LogP contribution >= 0.6 is 7.60 Å². The van der Waals surface area contributed by atoms with Gasteiger partial charge in [0.1, 0.15) is 5.66 Å². The van der Waals surface area contributed by atoms with Crippen LogP contribution in [-0.4, -0.2) is 19.1 Å². The van der Waals surface area contributed by atoms with Crippen LogP contribution in [0.5, 0.6) is 0 Å². The molecule has 1 aliphatic carbocycles. The molecule has 1 atom stereocenters. The van der Waals surface area contributed by atoms with Crippen LogP contribution in [-0.2, 0) is 18.4 Å². The molecule has 132 valence electrons. The van der Waals surface area contributed by atoms with Gasteiger partial charge in [-0.3, -0.25) is 9.36 Å². The summed E-state index contributed by atoms with van der Waals surface area (Å²) in [5.74, 6) is -0.148. The molecule has 6 heteroatoms. The van der Waals surface area contributed by atoms with Gasteiger partial charge in [0.2, 0.25) is 5.91 Å². The number of nitrogens with one attached hydrogen (secondary N) is 1. The van der Waals surface area contributed by atoms with E-state index in [1.54, 1.807) is 13.8 Å². The van der Waals surface area contributed by atoms with Crippen LogP contribution < -0.4 is 5.32 Å². The van der Waals surface area contributed by atoms with Crippen molar-refractivity contribution in [1.29, 1.82) is 0 Å². The second-order valence-electron chi connectivity index (χ2n) is 5.85. The second-order valence-corrected chi connectivity index (χ2v) is 7.96. The first-order valence-electron chi connectivity index (χ1n) is 8.39. The minimum absolute atomic E-state index is 0.148. The Morgan fingerprint density at radius 3 is 2.32 bits per heavy atom. The van der Waals surface area contributed by atoms with Gasteiger partial charge in [-0.25, -0.2) is 0 Å². The number of hydrogen-bond donors (Lipinski definition) is 1. The fourth-order valence-corrected chi connectivity index (χ4v) is 5.56. The van der Waals surface area contributed by atoms with Gasteiger partial charge in [-0.05, 0) is 48.2 Å². The standard InChI is InChI=1S/C19H22NO4P/c1-4-23-25(22,24-5-2)19-17-9-7-6-8-15(17)16-11-10-14(12-18(16)19)20-13(3)21/h6-12,19H,4-5H2,1-3H3,(H,20,21). The highest BCUT2D eigenvalue weighted by molar-refractivity contribution is 7.54. The summed E-state index contributed by atoms with van der Waals surface area (Å²) in [6.07, 6.45) is 0. The third kappa shape index (κ3) is 3.28. The molecular weight excluding hydrogens is 337 g/mol. The summed E-state index contributed by atoms with van der Waals surface area (Å²) in [4.78, 5) is 11.4. The lowest BCUT2D eigenvalue weighted by molar-refractivity contribution is -0.114. The minimum atomic E-state index is -3.40. The molecule has 2 aromatic rings. The average Bonchev–Trinajstić information content (AvgIpc) is 2.89. The lowest BCUT2D eigenvalue weighted by Crippen LogP contribution is -2.08. The molecule has 3 rings (SSSR count). The van der Waals surface area contributed by atoms with Crippen molar-refractivity contribution in [2.45, 2.75) is 26.4 Å². The number of amides is 1. The van der Waals surface area contributed by atoms with E-state index in [1.165, 1.54) is 6.92 Å². The van der Waals surface area contributed by atoms with E-state index in [2.05, 4.69) is 5.32 Å². The molecule has 0 aliphatic heterocycles. The SMILES string of the molecule is CCOP(=O)(OCC)C1c2ccccc2-c2ccc(NC(C)=O)cc21. The van der Waals surface area contributed by atoms with Gasteiger partial charge in [0, 0.05) is 12.6 Å². The number of benzene rings is 2. The Kier molecular flexibility index (Phi) is 5.09. The van der Waals surface area contributed by atoms with Crippen LogP contribution in [0.15, 0.2) is 42.5 Å². The number of carbonyl (C=O) groups excluding carboxylic acids is 1. The first-order chi connectivity index (χ1) is 12.0. The maximum Gasteiger partial charge on any atom is 0.342 e. The first-order valence-corrected chi connectivity index (χ1v) is 10.0. The molecule has 0 radical (unpaired) electrons. The Morgan fingerprint density at radius 1 is 1.04 bits per heavy atom. The van der Waals surface area contributed by atoms with Gasteiger partial charge < -0.3 is 14.4 Å². The highest BCUT2D eigenvalue weighted by Gasteiger charge is 2.44. The molecule has 0 aromatic heterocycles. The summed E-state index contributed by atoms with van der Waals surface area (Å²) in [5, 5.41) is 2.79. The molecular formula is C19H22NO4P. The molecule has 0 heterocycles. The molecule has 5 nitrogen and oxygen atoms in total. The van der Waals surface area contributed by atoms with Crippen molar-refractivity contribution in [3.05, 3.63) is 53.6 Å². The van der Waals surface area contributed by atoms with Gasteiger partial charge in [0.15, 0.2) is 0 Å². The summed E-state index contributed by atoms with van der Waals surface area (Å²) >= 11 is 0. The average molecular weight is 359 g/mol. The minimum Gasteiger partial charge on any atom is -0.326 e. The summed E-state index contributed by atoms with van der Waals surface area (Å²) in [7, 11) is -3.40. The van der Waals surface area contributed by atoms with Crippen molar-refractivity contribution in [2.24, 2.45) is 0 Å². The molecule has 0 spiro atoms. The number of rotatable bonds is 6. The molecule has 1 unspecified atom stereocenters. The topological polar surface area (TPSA) is 64.6 Å². The first kappa shape index (κ1) is 17.9. The summed E-state index contributed by atoms with van der Waals surface area (Å²) in [5.41, 5.74) is 3.99. The van der Waals surface area contributed by atoms with Gasteiger partial charge in [-0.1, -0.05) is 30.3 Å². The predicted molar refractivity (Wildman–Crippen MR) is 98.9 cm³/mol. The lowest BCUT2D eigenvalue weighted by atomic mass is 10.1. The van der Waals surface area contributed by atoms with E-state index in [1.807, 2.05) is 42.5 Å². The van der Waals surface area contributed by atoms with Crippen molar-refractivity contribution >= 4 is 19.2 Å². The zero-order valence-electron chi connectivity index (χ0n) is 14.6. The summed E-state index contributed by atoms with van der Waals surface area (Å²) in [6, 6.07) is 13.5. The van der Waals surface area contributed by atoms with Gasteiger partial charge >= 0.3 is 7.60 Å². The quantitative estimate of drug-likeness (QED) is 0.739. The predicted octanol–water partition coefficient (Wildman–Crippen LogP) is 4.98. The van der Waals surface area contributed by atoms with Crippen LogP contribution in [0.3, 0.4) is 0 Å². The van der Waals surface area contributed by atoms with E-state index in [0.29, 0.717) is 18.9 Å². The van der Waals surface area contributed by atoms with Crippen LogP contribution in [0.2, 0.25) is 0 Å². The van der Waals surface area contributed by atoms with Gasteiger partial charge in [-0.15, -0.1) is 0 Å². The van der Waals surface area contributed by atoms with Crippen LogP contribution in [0.25, 0.3) is 11.1 Å². The van der Waals surface area contributed by atoms with Crippen molar-refractivity contribution in [1.82, 2.24) is 0 Å². The fraction of sp³-hybridized carbons (Fsp3) is 0.316. The smallest absolute Gasteiger partial charge is 0.326 e. The maximum absolute atomic E-state index is 13.5. The lowest BCUT2D eigenvalue weighted by Gasteiger charge is -2.25. The van der Waals surface area contributed by atoms with E-state index >= 15 is 0 Å². The Bertz CT molecular complexity index is 839. The van der Waals surface area contributed by atoms with E-state index < -0.39 is 13.3 Å². The second kappa shape index (κ2) is 7.12. The van der Waals surface area contributed by atoms with Gasteiger partial charge in [0.25, 0.3) is 0 Å². The van der Waals surface area contributed by atoms with E-state index in [4.69, 9.17) is 9.05 Å². The molecule has 1 N–H and O–H groups in total. The molecule has 0 saturated carbocycles. The number of anilines is 1. The van der Waals surface area contributed by atoms with Crippen LogP contribution in [0, 0.1) is 0 Å². The molecule has 0 saturated heterocycles. The van der Waals surface area contributed by atoms with Crippen molar-refractivity contribution in [2.75, 3.05) is 18.5 Å². The Balaban J connectivity index is 2.18. The Labute approximate surface area is 147 Å². The fourth-order valence-electron chi connectivity index (χ4n) is 3.35. The Morgan fingerprint density at radius 2 is 1.68 bits per heavy atom. The van der Waals surface area contributed by atoms with E-state index in [-0.39, 0.29) is 5.91 Å². The molecule has 1 amide bonds. The molecule has 0 bridgehead atoms. The third-order valence-electron chi connectivity index (χ3n) is 4.15. The number of carbonyl (C=O) groups is 1. The largest absolute Gasteiger partial charge is 0.342 e. The van der Waals surface area contributed by atoms with Crippen molar-refractivity contribution < 1.29 is 18.4 Å². The van der Waals surface area contributed by atoms with Crippen LogP contribution in [0.4, 0.5) is 5.69 Å². The number of fused-ring (bicyclic) bond motifs is 3. The van der Waals surface area contributed by atoms with Gasteiger partial charge in [0.05, 0.1) is 13.2 Å². The highest BCUT2D eigenvalue weighted by atomic mass is 31.2. The van der Waals surface area contributed by atoms with Gasteiger partial charge in [-0.2, -0.15) is 0 Å². The zero-order chi connectivity index (χ0) is 18.0. The van der Waals surface area contributed by atoms with Crippen molar-refractivity contribution in [3.8, 4) is 11.1 Å². The summed E-state index contributed by atoms with van der Waals surface area (Å²) in [6.45, 7) is 5.68. The zero-order valence-corrected chi connectivity index (χ0v) is 15.5. The van der Waals surface area contributed by atoms with Crippen LogP contribution in [0.1, 0.15) is 37.6 Å². The normalized spacial score (nSPS) is 15.6. The maximum atomic E-state index is 13.5. The molecule has 2 aromatic carbocycles. The van der Waals surface area contributed by atoms with Crippen molar-refractivity contribution in [3.63, 3.8) is 0 Å². The highest BCUT2D eigenvalue weighted by Crippen LogP contribution is 2.68. The Hall–Kier alpha value is -1.94. The number of hydrogen-bond acceptors (Lipinski definition) is 4.